The number of carbonyl (C=O) groups excluding carboxylic acids is 1. The third-order valence-electron chi connectivity index (χ3n) is 3.60. The molecule has 0 saturated carbocycles. The van der Waals surface area contributed by atoms with Crippen LogP contribution < -0.4 is 10.6 Å². The van der Waals surface area contributed by atoms with Crippen LogP contribution in [0.4, 0.5) is 13.2 Å². The largest absolute Gasteiger partial charge is 0.453 e. The molecule has 2 aromatic rings. The van der Waals surface area contributed by atoms with Crippen molar-refractivity contribution in [2.45, 2.75) is 32.9 Å². The van der Waals surface area contributed by atoms with Gasteiger partial charge in [0, 0.05) is 30.9 Å². The number of fused-ring (bicyclic) bond motifs is 1. The monoisotopic (exact) mass is 380 g/mol. The molecular formula is C14H20ClF3N6O. The van der Waals surface area contributed by atoms with Gasteiger partial charge >= 0.3 is 6.18 Å². The third kappa shape index (κ3) is 5.02. The van der Waals surface area contributed by atoms with Crippen LogP contribution in [0.1, 0.15) is 29.2 Å². The Hall–Kier alpha value is -1.94. The maximum absolute atomic E-state index is 12.7. The van der Waals surface area contributed by atoms with Crippen LogP contribution in [-0.2, 0) is 17.4 Å². The molecule has 140 valence electrons. The van der Waals surface area contributed by atoms with Crippen molar-refractivity contribution in [2.75, 3.05) is 20.1 Å². The lowest BCUT2D eigenvalue weighted by molar-refractivity contribution is -0.144. The highest BCUT2D eigenvalue weighted by molar-refractivity contribution is 5.85. The SMILES string of the molecule is CNCCNC(=O)CCc1c(C)nc2nc(C(F)(F)F)nn2c1C.Cl. The van der Waals surface area contributed by atoms with Gasteiger partial charge in [-0.05, 0) is 32.9 Å². The van der Waals surface area contributed by atoms with E-state index < -0.39 is 12.0 Å². The Kier molecular flexibility index (Phi) is 7.12. The van der Waals surface area contributed by atoms with E-state index in [4.69, 9.17) is 0 Å². The lowest BCUT2D eigenvalue weighted by Gasteiger charge is -2.10. The summed E-state index contributed by atoms with van der Waals surface area (Å²) in [4.78, 5) is 19.3. The molecule has 0 atom stereocenters. The summed E-state index contributed by atoms with van der Waals surface area (Å²) in [5.74, 6) is -1.45. The van der Waals surface area contributed by atoms with Crippen LogP contribution in [0, 0.1) is 13.8 Å². The number of rotatable bonds is 6. The number of likely N-dealkylation sites (N-methyl/N-ethyl adjacent to an activating group) is 1. The van der Waals surface area contributed by atoms with Gasteiger partial charge in [-0.2, -0.15) is 18.2 Å². The van der Waals surface area contributed by atoms with Crippen molar-refractivity contribution in [1.29, 1.82) is 0 Å². The van der Waals surface area contributed by atoms with Crippen LogP contribution in [0.15, 0.2) is 0 Å². The highest BCUT2D eigenvalue weighted by Gasteiger charge is 2.36. The minimum atomic E-state index is -4.62. The zero-order chi connectivity index (χ0) is 17.9. The zero-order valence-electron chi connectivity index (χ0n) is 14.1. The standard InChI is InChI=1S/C14H19F3N6O.ClH/c1-8-10(4-5-11(24)19-7-6-18-3)9(2)23-13(20-8)21-12(22-23)14(15,16)17;/h18H,4-7H2,1-3H3,(H,19,24);1H. The topological polar surface area (TPSA) is 84.2 Å². The number of aryl methyl sites for hydroxylation is 2. The van der Waals surface area contributed by atoms with Gasteiger partial charge in [-0.15, -0.1) is 17.5 Å². The molecular weight excluding hydrogens is 361 g/mol. The molecule has 2 N–H and O–H groups in total. The lowest BCUT2D eigenvalue weighted by atomic mass is 10.1. The molecule has 0 aliphatic heterocycles. The quantitative estimate of drug-likeness (QED) is 0.741. The van der Waals surface area contributed by atoms with Crippen LogP contribution in [-0.4, -0.2) is 45.6 Å². The van der Waals surface area contributed by atoms with E-state index in [1.54, 1.807) is 20.9 Å². The average Bonchev–Trinajstić information content (AvgIpc) is 2.91. The lowest BCUT2D eigenvalue weighted by Crippen LogP contribution is -2.30. The number of alkyl halides is 3. The van der Waals surface area contributed by atoms with Crippen molar-refractivity contribution in [3.8, 4) is 0 Å². The van der Waals surface area contributed by atoms with Crippen molar-refractivity contribution < 1.29 is 18.0 Å². The van der Waals surface area contributed by atoms with E-state index in [1.165, 1.54) is 0 Å². The van der Waals surface area contributed by atoms with Crippen molar-refractivity contribution in [3.63, 3.8) is 0 Å². The molecule has 2 aromatic heterocycles. The molecule has 0 bridgehead atoms. The summed E-state index contributed by atoms with van der Waals surface area (Å²) < 4.78 is 39.3. The molecule has 0 radical (unpaired) electrons. The van der Waals surface area contributed by atoms with Crippen LogP contribution >= 0.6 is 12.4 Å². The van der Waals surface area contributed by atoms with Crippen LogP contribution in [0.25, 0.3) is 5.78 Å². The molecule has 2 heterocycles. The fourth-order valence-electron chi connectivity index (χ4n) is 2.34. The predicted octanol–water partition coefficient (Wildman–Crippen LogP) is 1.45. The molecule has 0 unspecified atom stereocenters. The number of hydrogen-bond acceptors (Lipinski definition) is 5. The first-order chi connectivity index (χ1) is 11.2. The number of halogens is 4. The van der Waals surface area contributed by atoms with E-state index in [0.717, 1.165) is 4.52 Å². The molecule has 0 fully saturated rings. The van der Waals surface area contributed by atoms with E-state index in [2.05, 4.69) is 25.7 Å². The molecule has 7 nitrogen and oxygen atoms in total. The minimum absolute atomic E-state index is 0. The first-order valence-electron chi connectivity index (χ1n) is 7.45. The van der Waals surface area contributed by atoms with Gasteiger partial charge in [0.1, 0.15) is 0 Å². The summed E-state index contributed by atoms with van der Waals surface area (Å²) in [7, 11) is 1.78. The maximum Gasteiger partial charge on any atom is 0.453 e. The summed E-state index contributed by atoms with van der Waals surface area (Å²) >= 11 is 0. The predicted molar refractivity (Wildman–Crippen MR) is 87.8 cm³/mol. The van der Waals surface area contributed by atoms with Gasteiger partial charge in [0.2, 0.25) is 5.91 Å². The molecule has 0 spiro atoms. The fraction of sp³-hybridized carbons (Fsp3) is 0.571. The van der Waals surface area contributed by atoms with E-state index in [1.807, 2.05) is 0 Å². The van der Waals surface area contributed by atoms with E-state index in [0.29, 0.717) is 36.5 Å². The molecule has 0 saturated heterocycles. The maximum atomic E-state index is 12.7. The smallest absolute Gasteiger partial charge is 0.355 e. The molecule has 0 aliphatic carbocycles. The second-order valence-corrected chi connectivity index (χ2v) is 5.36. The molecule has 11 heteroatoms. The Bertz CT molecular complexity index is 746. The van der Waals surface area contributed by atoms with Gasteiger partial charge in [0.15, 0.2) is 0 Å². The summed E-state index contributed by atoms with van der Waals surface area (Å²) in [6.07, 6.45) is -4.03. The molecule has 25 heavy (non-hydrogen) atoms. The van der Waals surface area contributed by atoms with Gasteiger partial charge in [-0.25, -0.2) is 9.50 Å². The van der Waals surface area contributed by atoms with Crippen LogP contribution in [0.3, 0.4) is 0 Å². The number of nitrogens with one attached hydrogen (secondary N) is 2. The number of nitrogens with zero attached hydrogens (tertiary/aromatic N) is 4. The Morgan fingerprint density at radius 1 is 1.20 bits per heavy atom. The highest BCUT2D eigenvalue weighted by atomic mass is 35.5. The van der Waals surface area contributed by atoms with Crippen molar-refractivity contribution in [3.05, 3.63) is 22.8 Å². The van der Waals surface area contributed by atoms with Gasteiger partial charge < -0.3 is 10.6 Å². The summed E-state index contributed by atoms with van der Waals surface area (Å²) in [6.45, 7) is 4.51. The summed E-state index contributed by atoms with van der Waals surface area (Å²) in [6, 6.07) is 0. The second kappa shape index (κ2) is 8.43. The average molecular weight is 381 g/mol. The van der Waals surface area contributed by atoms with Gasteiger partial charge in [0.25, 0.3) is 11.6 Å². The number of aromatic nitrogens is 4. The van der Waals surface area contributed by atoms with Gasteiger partial charge in [0.05, 0.1) is 0 Å². The van der Waals surface area contributed by atoms with E-state index >= 15 is 0 Å². The summed E-state index contributed by atoms with van der Waals surface area (Å²) in [5.41, 5.74) is 1.75. The Morgan fingerprint density at radius 2 is 1.88 bits per heavy atom. The van der Waals surface area contributed by atoms with Crippen LogP contribution in [0.5, 0.6) is 0 Å². The zero-order valence-corrected chi connectivity index (χ0v) is 14.9. The molecule has 0 aromatic carbocycles. The number of carbonyl (C=O) groups is 1. The highest BCUT2D eigenvalue weighted by Crippen LogP contribution is 2.27. The third-order valence-corrected chi connectivity index (χ3v) is 3.60. The molecule has 0 aliphatic rings. The normalized spacial score (nSPS) is 11.4. The number of amides is 1. The Morgan fingerprint density at radius 3 is 2.48 bits per heavy atom. The molecule has 2 rings (SSSR count). The summed E-state index contributed by atoms with van der Waals surface area (Å²) in [5, 5.41) is 9.15. The Balaban J connectivity index is 0.00000312. The first kappa shape index (κ1) is 21.1. The number of hydrogen-bond donors (Lipinski definition) is 2. The molecule has 1 amide bonds. The van der Waals surface area contributed by atoms with Gasteiger partial charge in [-0.3, -0.25) is 4.79 Å². The van der Waals surface area contributed by atoms with Crippen molar-refractivity contribution in [2.24, 2.45) is 0 Å². The second-order valence-electron chi connectivity index (χ2n) is 5.36. The fourth-order valence-corrected chi connectivity index (χ4v) is 2.34. The first-order valence-corrected chi connectivity index (χ1v) is 7.45. The van der Waals surface area contributed by atoms with E-state index in [-0.39, 0.29) is 30.5 Å². The van der Waals surface area contributed by atoms with Crippen molar-refractivity contribution >= 4 is 24.1 Å². The van der Waals surface area contributed by atoms with Crippen molar-refractivity contribution in [1.82, 2.24) is 30.2 Å². The van der Waals surface area contributed by atoms with E-state index in [9.17, 15) is 18.0 Å². The van der Waals surface area contributed by atoms with Gasteiger partial charge in [-0.1, -0.05) is 0 Å². The van der Waals surface area contributed by atoms with Crippen LogP contribution in [0.2, 0.25) is 0 Å². The Labute approximate surface area is 148 Å². The minimum Gasteiger partial charge on any atom is -0.355 e.